The number of amides is 1. The van der Waals surface area contributed by atoms with Gasteiger partial charge in [0.1, 0.15) is 5.75 Å². The lowest BCUT2D eigenvalue weighted by molar-refractivity contribution is -0.111. The molecule has 0 fully saturated rings. The van der Waals surface area contributed by atoms with Crippen molar-refractivity contribution < 1.29 is 9.53 Å². The van der Waals surface area contributed by atoms with Gasteiger partial charge in [-0.3, -0.25) is 4.79 Å². The normalized spacial score (nSPS) is 11.0. The van der Waals surface area contributed by atoms with Crippen LogP contribution in [0.2, 0.25) is 0 Å². The van der Waals surface area contributed by atoms with Gasteiger partial charge in [-0.05, 0) is 53.1 Å². The molecule has 3 aromatic carbocycles. The Kier molecular flexibility index (Phi) is 6.05. The van der Waals surface area contributed by atoms with Gasteiger partial charge in [0.2, 0.25) is 5.91 Å². The fourth-order valence-corrected chi connectivity index (χ4v) is 2.71. The van der Waals surface area contributed by atoms with Gasteiger partial charge in [-0.2, -0.15) is 0 Å². The minimum absolute atomic E-state index is 0.155. The van der Waals surface area contributed by atoms with Crippen molar-refractivity contribution in [3.05, 3.63) is 78.4 Å². The number of benzene rings is 3. The third-order valence-corrected chi connectivity index (χ3v) is 4.13. The van der Waals surface area contributed by atoms with Crippen LogP contribution in [0.25, 0.3) is 16.8 Å². The number of nitrogens with one attached hydrogen (secondary N) is 1. The fraction of sp³-hybridized carbons (Fsp3) is 0.174. The second-order valence-corrected chi connectivity index (χ2v) is 6.12. The van der Waals surface area contributed by atoms with E-state index in [2.05, 4.69) is 30.4 Å². The van der Waals surface area contributed by atoms with E-state index in [1.54, 1.807) is 6.08 Å². The molecular weight excluding hydrogens is 322 g/mol. The predicted octanol–water partition coefficient (Wildman–Crippen LogP) is 5.67. The van der Waals surface area contributed by atoms with Crippen molar-refractivity contribution in [1.29, 1.82) is 0 Å². The Bertz CT molecular complexity index is 892. The number of carbonyl (C=O) groups is 1. The Morgan fingerprint density at radius 3 is 2.58 bits per heavy atom. The molecule has 0 aliphatic rings. The lowest BCUT2D eigenvalue weighted by atomic mass is 10.0. The van der Waals surface area contributed by atoms with Crippen LogP contribution < -0.4 is 10.1 Å². The first kappa shape index (κ1) is 17.7. The summed E-state index contributed by atoms with van der Waals surface area (Å²) in [6.45, 7) is 2.85. The van der Waals surface area contributed by atoms with Crippen LogP contribution >= 0.6 is 0 Å². The highest BCUT2D eigenvalue weighted by molar-refractivity contribution is 6.03. The smallest absolute Gasteiger partial charge is 0.248 e. The standard InChI is InChI=1S/C23H23NO2/c1-2-3-17-26-21-14-12-20(13-15-21)24-23(25)16-11-19-9-6-8-18-7-4-5-10-22(18)19/h4-16H,2-3,17H2,1H3,(H,24,25)/b16-11+. The quantitative estimate of drug-likeness (QED) is 0.442. The summed E-state index contributed by atoms with van der Waals surface area (Å²) in [5.74, 6) is 0.667. The van der Waals surface area contributed by atoms with E-state index in [1.807, 2.05) is 54.6 Å². The van der Waals surface area contributed by atoms with Crippen molar-refractivity contribution >= 4 is 28.4 Å². The van der Waals surface area contributed by atoms with Crippen LogP contribution in [0.5, 0.6) is 5.75 Å². The van der Waals surface area contributed by atoms with Crippen LogP contribution in [0.4, 0.5) is 5.69 Å². The summed E-state index contributed by atoms with van der Waals surface area (Å²) in [6, 6.07) is 21.7. The molecule has 1 N–H and O–H groups in total. The summed E-state index contributed by atoms with van der Waals surface area (Å²) in [7, 11) is 0. The van der Waals surface area contributed by atoms with Gasteiger partial charge < -0.3 is 10.1 Å². The first-order chi connectivity index (χ1) is 12.8. The van der Waals surface area contributed by atoms with Gasteiger partial charge >= 0.3 is 0 Å². The summed E-state index contributed by atoms with van der Waals surface area (Å²) < 4.78 is 5.63. The molecule has 3 aromatic rings. The molecule has 0 aromatic heterocycles. The SMILES string of the molecule is CCCCOc1ccc(NC(=O)/C=C/c2cccc3ccccc23)cc1. The number of rotatable bonds is 7. The average Bonchev–Trinajstić information content (AvgIpc) is 2.68. The number of fused-ring (bicyclic) bond motifs is 1. The Hall–Kier alpha value is -3.07. The summed E-state index contributed by atoms with van der Waals surface area (Å²) in [4.78, 5) is 12.2. The van der Waals surface area contributed by atoms with Crippen LogP contribution in [-0.4, -0.2) is 12.5 Å². The minimum Gasteiger partial charge on any atom is -0.494 e. The number of anilines is 1. The van der Waals surface area contributed by atoms with E-state index in [0.717, 1.165) is 47.2 Å². The van der Waals surface area contributed by atoms with Gasteiger partial charge in [-0.25, -0.2) is 0 Å². The van der Waals surface area contributed by atoms with Gasteiger partial charge in [0.05, 0.1) is 6.61 Å². The third kappa shape index (κ3) is 4.73. The maximum atomic E-state index is 12.2. The summed E-state index contributed by atoms with van der Waals surface area (Å²) in [5, 5.41) is 5.17. The van der Waals surface area contributed by atoms with E-state index < -0.39 is 0 Å². The molecule has 0 aliphatic heterocycles. The van der Waals surface area contributed by atoms with Crippen molar-refractivity contribution in [2.75, 3.05) is 11.9 Å². The van der Waals surface area contributed by atoms with Crippen LogP contribution in [0.3, 0.4) is 0 Å². The van der Waals surface area contributed by atoms with Crippen molar-refractivity contribution in [3.63, 3.8) is 0 Å². The number of ether oxygens (including phenoxy) is 1. The van der Waals surface area contributed by atoms with Gasteiger partial charge in [-0.1, -0.05) is 55.8 Å². The molecule has 26 heavy (non-hydrogen) atoms. The highest BCUT2D eigenvalue weighted by Gasteiger charge is 2.01. The van der Waals surface area contributed by atoms with Gasteiger partial charge in [-0.15, -0.1) is 0 Å². The molecule has 1 amide bonds. The number of hydrogen-bond donors (Lipinski definition) is 1. The van der Waals surface area contributed by atoms with E-state index in [0.29, 0.717) is 0 Å². The van der Waals surface area contributed by atoms with Crippen LogP contribution in [0.1, 0.15) is 25.3 Å². The van der Waals surface area contributed by atoms with Crippen molar-refractivity contribution in [3.8, 4) is 5.75 Å². The molecule has 0 saturated heterocycles. The minimum atomic E-state index is -0.155. The lowest BCUT2D eigenvalue weighted by Crippen LogP contribution is -2.07. The second kappa shape index (κ2) is 8.86. The van der Waals surface area contributed by atoms with Crippen LogP contribution in [0, 0.1) is 0 Å². The van der Waals surface area contributed by atoms with Gasteiger partial charge in [0, 0.05) is 11.8 Å². The van der Waals surface area contributed by atoms with E-state index in [4.69, 9.17) is 4.74 Å². The Morgan fingerprint density at radius 2 is 1.77 bits per heavy atom. The van der Waals surface area contributed by atoms with E-state index in [-0.39, 0.29) is 5.91 Å². The van der Waals surface area contributed by atoms with Crippen molar-refractivity contribution in [2.45, 2.75) is 19.8 Å². The number of hydrogen-bond acceptors (Lipinski definition) is 2. The lowest BCUT2D eigenvalue weighted by Gasteiger charge is -2.07. The Labute approximate surface area is 154 Å². The third-order valence-electron chi connectivity index (χ3n) is 4.13. The van der Waals surface area contributed by atoms with E-state index in [1.165, 1.54) is 0 Å². The molecule has 0 aliphatic carbocycles. The highest BCUT2D eigenvalue weighted by atomic mass is 16.5. The van der Waals surface area contributed by atoms with Crippen molar-refractivity contribution in [1.82, 2.24) is 0 Å². The molecule has 0 unspecified atom stereocenters. The van der Waals surface area contributed by atoms with Gasteiger partial charge in [0.15, 0.2) is 0 Å². The van der Waals surface area contributed by atoms with E-state index in [9.17, 15) is 4.79 Å². The van der Waals surface area contributed by atoms with Gasteiger partial charge in [0.25, 0.3) is 0 Å². The number of unbranched alkanes of at least 4 members (excludes halogenated alkanes) is 1. The predicted molar refractivity (Wildman–Crippen MR) is 108 cm³/mol. The van der Waals surface area contributed by atoms with E-state index >= 15 is 0 Å². The monoisotopic (exact) mass is 345 g/mol. The summed E-state index contributed by atoms with van der Waals surface area (Å²) in [6.07, 6.45) is 5.56. The first-order valence-electron chi connectivity index (χ1n) is 8.96. The number of carbonyl (C=O) groups excluding carboxylic acids is 1. The fourth-order valence-electron chi connectivity index (χ4n) is 2.71. The molecule has 0 atom stereocenters. The molecule has 3 nitrogen and oxygen atoms in total. The zero-order valence-electron chi connectivity index (χ0n) is 14.9. The highest BCUT2D eigenvalue weighted by Crippen LogP contribution is 2.20. The largest absolute Gasteiger partial charge is 0.494 e. The van der Waals surface area contributed by atoms with Crippen molar-refractivity contribution in [2.24, 2.45) is 0 Å². The maximum Gasteiger partial charge on any atom is 0.248 e. The summed E-state index contributed by atoms with van der Waals surface area (Å²) in [5.41, 5.74) is 1.78. The summed E-state index contributed by atoms with van der Waals surface area (Å²) >= 11 is 0. The zero-order chi connectivity index (χ0) is 18.2. The average molecular weight is 345 g/mol. The Morgan fingerprint density at radius 1 is 1.00 bits per heavy atom. The van der Waals surface area contributed by atoms with Crippen LogP contribution in [0.15, 0.2) is 72.8 Å². The second-order valence-electron chi connectivity index (χ2n) is 6.12. The molecule has 0 saturated carbocycles. The Balaban J connectivity index is 1.62. The molecule has 132 valence electrons. The molecular formula is C23H23NO2. The molecule has 0 heterocycles. The molecule has 0 bridgehead atoms. The molecule has 0 spiro atoms. The van der Waals surface area contributed by atoms with Crippen LogP contribution in [-0.2, 0) is 4.79 Å². The molecule has 0 radical (unpaired) electrons. The first-order valence-corrected chi connectivity index (χ1v) is 8.96. The zero-order valence-corrected chi connectivity index (χ0v) is 14.9. The molecule has 3 heteroatoms. The maximum absolute atomic E-state index is 12.2. The molecule has 3 rings (SSSR count). The topological polar surface area (TPSA) is 38.3 Å².